The van der Waals surface area contributed by atoms with Crippen LogP contribution in [0.1, 0.15) is 67.0 Å². The first kappa shape index (κ1) is 40.8. The summed E-state index contributed by atoms with van der Waals surface area (Å²) in [7, 11) is 0. The molecule has 2 fully saturated rings. The monoisotopic (exact) mass is 754 g/mol. The fourth-order valence-electron chi connectivity index (χ4n) is 6.63. The summed E-state index contributed by atoms with van der Waals surface area (Å²) in [6.45, 7) is 7.36. The van der Waals surface area contributed by atoms with Crippen LogP contribution in [0.25, 0.3) is 11.1 Å². The summed E-state index contributed by atoms with van der Waals surface area (Å²) >= 11 is 2.62. The van der Waals surface area contributed by atoms with Crippen molar-refractivity contribution in [2.45, 2.75) is 85.0 Å². The Morgan fingerprint density at radius 1 is 0.824 bits per heavy atom. The van der Waals surface area contributed by atoms with Crippen molar-refractivity contribution < 1.29 is 88.5 Å². The van der Waals surface area contributed by atoms with Crippen molar-refractivity contribution in [3.05, 3.63) is 55.2 Å². The number of carboxylic acid groups (broad SMARTS) is 1. The summed E-state index contributed by atoms with van der Waals surface area (Å²) < 4.78 is 10.1. The van der Waals surface area contributed by atoms with Crippen molar-refractivity contribution in [1.82, 2.24) is 9.80 Å². The number of esters is 2. The number of nitrogens with zero attached hydrogens (tertiary/aromatic N) is 2. The van der Waals surface area contributed by atoms with Crippen molar-refractivity contribution in [3.8, 4) is 0 Å². The Kier molecular flexibility index (Phi) is 12.8. The number of hydrogen-bond acceptors (Lipinski definition) is 14. The molecule has 6 heterocycles. The topological polar surface area (TPSA) is 214 Å². The molecule has 0 radical (unpaired) electrons. The van der Waals surface area contributed by atoms with Gasteiger partial charge in [-0.15, -0.1) is 22.7 Å². The third-order valence-electron chi connectivity index (χ3n) is 9.07. The number of fused-ring (bicyclic) bond motifs is 2. The minimum atomic E-state index is -1.39. The van der Waals surface area contributed by atoms with Crippen LogP contribution >= 0.6 is 22.7 Å². The van der Waals surface area contributed by atoms with E-state index in [0.717, 1.165) is 14.6 Å². The molecule has 4 aliphatic rings. The maximum atomic E-state index is 12.8. The van der Waals surface area contributed by atoms with Crippen molar-refractivity contribution in [2.75, 3.05) is 6.79 Å². The first-order valence-corrected chi connectivity index (χ1v) is 17.6. The zero-order valence-corrected chi connectivity index (χ0v) is 32.7. The number of carbonyl (C=O) groups is 5. The molecule has 2 aromatic heterocycles. The molecule has 2 amide bonds. The SMILES string of the molecule is C[C@@H](O)[C@H]1C(=O)N2C(C(=O)OCOC(=O)C(C)(C)C)=C(c3ccc(CO)s3)C[C@H]12.C[C@@H](O)[C@H]1C(=O)N2C(C(=O)[O-])=C(c3ccc(CO)s3)C[C@H]12.[Na+]. The summed E-state index contributed by atoms with van der Waals surface area (Å²) in [5.41, 5.74) is 0.443. The quantitative estimate of drug-likeness (QED) is 0.0895. The number of ether oxygens (including phenoxy) is 2. The number of carbonyl (C=O) groups excluding carboxylic acids is 5. The molecule has 51 heavy (non-hydrogen) atoms. The van der Waals surface area contributed by atoms with Gasteiger partial charge in [0, 0.05) is 25.1 Å². The Hall–Kier alpha value is -2.93. The number of carboxylic acids is 1. The van der Waals surface area contributed by atoms with Crippen molar-refractivity contribution in [1.29, 1.82) is 0 Å². The third-order valence-corrected chi connectivity index (χ3v) is 11.3. The predicted octanol–water partition coefficient (Wildman–Crippen LogP) is -2.03. The van der Waals surface area contributed by atoms with Crippen LogP contribution in [0.5, 0.6) is 0 Å². The van der Waals surface area contributed by atoms with Crippen LogP contribution < -0.4 is 34.7 Å². The molecule has 6 rings (SSSR count). The average molecular weight is 755 g/mol. The van der Waals surface area contributed by atoms with Crippen LogP contribution in [0, 0.1) is 17.3 Å². The van der Waals surface area contributed by atoms with Gasteiger partial charge in [0.25, 0.3) is 0 Å². The summed E-state index contributed by atoms with van der Waals surface area (Å²) in [5.74, 6) is -4.51. The molecule has 17 heteroatoms. The fourth-order valence-corrected chi connectivity index (χ4v) is 8.47. The fraction of sp³-hybridized carbons (Fsp3) is 0.500. The van der Waals surface area contributed by atoms with E-state index in [1.165, 1.54) is 39.4 Å². The number of rotatable bonds is 10. The predicted molar refractivity (Wildman–Crippen MR) is 177 cm³/mol. The van der Waals surface area contributed by atoms with Crippen molar-refractivity contribution in [2.24, 2.45) is 17.3 Å². The van der Waals surface area contributed by atoms with Crippen LogP contribution in [0.15, 0.2) is 35.7 Å². The Labute approximate surface area is 324 Å². The second-order valence-electron chi connectivity index (χ2n) is 13.5. The van der Waals surface area contributed by atoms with E-state index < -0.39 is 54.2 Å². The smallest absolute Gasteiger partial charge is 0.543 e. The Morgan fingerprint density at radius 2 is 1.25 bits per heavy atom. The van der Waals surface area contributed by atoms with Gasteiger partial charge < -0.3 is 49.6 Å². The molecule has 0 spiro atoms. The van der Waals surface area contributed by atoms with Gasteiger partial charge in [-0.25, -0.2) is 4.79 Å². The van der Waals surface area contributed by atoms with E-state index in [9.17, 15) is 44.4 Å². The number of amides is 2. The standard InChI is InChI=1S/C20H25NO7S.C14H15NO5S.Na/c1-10(23)15-13-7-12(14-6-5-11(8-22)29-14)16(21(13)17(15)24)18(25)27-9-28-19(26)20(2,3)4;1-6(17)11-9-4-8(10-3-2-7(5-16)21-10)12(14(19)20)15(9)13(11)18;/h5-6,10,13,15,22-23H,7-9H2,1-4H3;2-3,6,9,11,16-17H,4-5H2,1H3,(H,19,20);/q;;+1/p-1/t10-,13-,15-;6-,9-,11-;/m11./s1. The number of aliphatic hydroxyl groups excluding tert-OH is 4. The molecule has 14 nitrogen and oxygen atoms in total. The molecule has 0 aliphatic carbocycles. The summed E-state index contributed by atoms with van der Waals surface area (Å²) in [5, 5.41) is 49.4. The Bertz CT molecular complexity index is 1770. The van der Waals surface area contributed by atoms with Crippen LogP contribution in [0.3, 0.4) is 0 Å². The van der Waals surface area contributed by atoms with E-state index >= 15 is 0 Å². The summed E-state index contributed by atoms with van der Waals surface area (Å²) in [6.07, 6.45) is -0.851. The van der Waals surface area contributed by atoms with Crippen LogP contribution in [-0.2, 0) is 46.7 Å². The maximum absolute atomic E-state index is 12.8. The molecule has 0 aromatic carbocycles. The number of thiophene rings is 2. The van der Waals surface area contributed by atoms with Gasteiger partial charge in [-0.05, 0) is 77.3 Å². The van der Waals surface area contributed by atoms with E-state index in [1.807, 2.05) is 0 Å². The van der Waals surface area contributed by atoms with E-state index in [1.54, 1.807) is 52.0 Å². The second-order valence-corrected chi connectivity index (χ2v) is 15.9. The minimum Gasteiger partial charge on any atom is -0.543 e. The Balaban J connectivity index is 0.000000235. The second kappa shape index (κ2) is 16.0. The van der Waals surface area contributed by atoms with Crippen LogP contribution in [0.4, 0.5) is 0 Å². The van der Waals surface area contributed by atoms with Gasteiger partial charge in [-0.3, -0.25) is 14.4 Å². The molecule has 2 aromatic rings. The largest absolute Gasteiger partial charge is 1.00 e. The molecule has 4 aliphatic heterocycles. The molecular weight excluding hydrogens is 716 g/mol. The number of β-lactam (4-membered cyclic amide) rings is 2. The molecule has 0 unspecified atom stereocenters. The molecule has 0 saturated carbocycles. The molecular formula is C34H39N2NaO12S2. The van der Waals surface area contributed by atoms with E-state index in [2.05, 4.69) is 0 Å². The van der Waals surface area contributed by atoms with Crippen LogP contribution in [-0.4, -0.2) is 91.0 Å². The molecule has 4 N–H and O–H groups in total. The zero-order valence-electron chi connectivity index (χ0n) is 29.1. The minimum absolute atomic E-state index is 0. The van der Waals surface area contributed by atoms with Crippen molar-refractivity contribution in [3.63, 3.8) is 0 Å². The number of aliphatic hydroxyl groups is 4. The van der Waals surface area contributed by atoms with E-state index in [4.69, 9.17) is 14.6 Å². The first-order chi connectivity index (χ1) is 23.5. The van der Waals surface area contributed by atoms with Gasteiger partial charge in [0.05, 0.1) is 66.4 Å². The molecule has 2 saturated heterocycles. The summed E-state index contributed by atoms with van der Waals surface area (Å²) in [4.78, 5) is 66.1. The normalized spacial score (nSPS) is 23.3. The van der Waals surface area contributed by atoms with Gasteiger partial charge in [-0.1, -0.05) is 0 Å². The van der Waals surface area contributed by atoms with Crippen LogP contribution in [0.2, 0.25) is 0 Å². The molecule has 270 valence electrons. The average Bonchev–Trinajstić information content (AvgIpc) is 3.82. The van der Waals surface area contributed by atoms with Crippen molar-refractivity contribution >= 4 is 63.5 Å². The first-order valence-electron chi connectivity index (χ1n) is 16.0. The molecule has 6 atom stereocenters. The number of hydrogen-bond donors (Lipinski definition) is 4. The van der Waals surface area contributed by atoms with E-state index in [0.29, 0.717) is 28.9 Å². The third kappa shape index (κ3) is 7.75. The van der Waals surface area contributed by atoms with Gasteiger partial charge in [0.2, 0.25) is 18.6 Å². The van der Waals surface area contributed by atoms with Gasteiger partial charge in [0.1, 0.15) is 5.70 Å². The number of aliphatic carboxylic acids is 1. The molecule has 0 bridgehead atoms. The zero-order chi connectivity index (χ0) is 36.8. The van der Waals surface area contributed by atoms with E-state index in [-0.39, 0.29) is 78.1 Å². The van der Waals surface area contributed by atoms with Gasteiger partial charge in [-0.2, -0.15) is 0 Å². The Morgan fingerprint density at radius 3 is 1.63 bits per heavy atom. The summed E-state index contributed by atoms with van der Waals surface area (Å²) in [6, 6.07) is 6.36. The van der Waals surface area contributed by atoms with Gasteiger partial charge >= 0.3 is 41.5 Å². The van der Waals surface area contributed by atoms with Gasteiger partial charge in [0.15, 0.2) is 0 Å². The maximum Gasteiger partial charge on any atom is 1.00 e.